The first-order valence-electron chi connectivity index (χ1n) is 7.43. The van der Waals surface area contributed by atoms with Crippen LogP contribution in [0.25, 0.3) is 11.3 Å². The largest absolute Gasteiger partial charge is 0.480 e. The van der Waals surface area contributed by atoms with E-state index in [1.54, 1.807) is 23.5 Å². The maximum Gasteiger partial charge on any atom is 0.326 e. The van der Waals surface area contributed by atoms with Crippen LogP contribution in [0.3, 0.4) is 0 Å². The van der Waals surface area contributed by atoms with E-state index in [2.05, 4.69) is 10.3 Å². The maximum atomic E-state index is 12.2. The summed E-state index contributed by atoms with van der Waals surface area (Å²) in [4.78, 5) is 27.8. The Morgan fingerprint density at radius 3 is 2.39 bits per heavy atom. The molecule has 0 bridgehead atoms. The number of carbonyl (C=O) groups excluding carboxylic acids is 1. The highest BCUT2D eigenvalue weighted by molar-refractivity contribution is 7.09. The number of amides is 1. The molecule has 23 heavy (non-hydrogen) atoms. The molecule has 0 saturated carbocycles. The first kappa shape index (κ1) is 17.1. The van der Waals surface area contributed by atoms with Crippen LogP contribution in [0.15, 0.2) is 29.6 Å². The predicted molar refractivity (Wildman–Crippen MR) is 90.6 cm³/mol. The number of aryl methyl sites for hydroxylation is 1. The van der Waals surface area contributed by atoms with E-state index in [0.717, 1.165) is 16.3 Å². The third-order valence-electron chi connectivity index (χ3n) is 3.37. The molecular weight excluding hydrogens is 312 g/mol. The van der Waals surface area contributed by atoms with Gasteiger partial charge in [0.15, 0.2) is 0 Å². The van der Waals surface area contributed by atoms with Crippen LogP contribution in [0.5, 0.6) is 0 Å². The molecule has 1 aromatic heterocycles. The van der Waals surface area contributed by atoms with Gasteiger partial charge in [-0.3, -0.25) is 4.79 Å². The maximum absolute atomic E-state index is 12.2. The van der Waals surface area contributed by atoms with Gasteiger partial charge in [0.2, 0.25) is 0 Å². The van der Waals surface area contributed by atoms with Crippen LogP contribution in [0.1, 0.15) is 35.6 Å². The van der Waals surface area contributed by atoms with E-state index in [4.69, 9.17) is 0 Å². The zero-order chi connectivity index (χ0) is 17.0. The van der Waals surface area contributed by atoms with Crippen molar-refractivity contribution in [3.8, 4) is 11.3 Å². The smallest absolute Gasteiger partial charge is 0.326 e. The van der Waals surface area contributed by atoms with E-state index in [1.165, 1.54) is 0 Å². The van der Waals surface area contributed by atoms with E-state index < -0.39 is 12.0 Å². The number of carbonyl (C=O) groups is 2. The zero-order valence-corrected chi connectivity index (χ0v) is 14.2. The van der Waals surface area contributed by atoms with Crippen molar-refractivity contribution in [3.05, 3.63) is 40.2 Å². The van der Waals surface area contributed by atoms with Gasteiger partial charge in [-0.25, -0.2) is 9.78 Å². The minimum atomic E-state index is -1.01. The number of rotatable bonds is 6. The number of aliphatic carboxylic acids is 1. The molecule has 0 spiro atoms. The van der Waals surface area contributed by atoms with Gasteiger partial charge in [0.05, 0.1) is 10.7 Å². The van der Waals surface area contributed by atoms with Crippen LogP contribution in [-0.2, 0) is 4.79 Å². The lowest BCUT2D eigenvalue weighted by atomic mass is 10.0. The summed E-state index contributed by atoms with van der Waals surface area (Å²) in [5.41, 5.74) is 2.25. The van der Waals surface area contributed by atoms with Crippen molar-refractivity contribution >= 4 is 23.2 Å². The molecule has 2 rings (SSSR count). The van der Waals surface area contributed by atoms with Crippen molar-refractivity contribution in [2.75, 3.05) is 0 Å². The van der Waals surface area contributed by atoms with Crippen molar-refractivity contribution in [1.82, 2.24) is 10.3 Å². The minimum Gasteiger partial charge on any atom is -0.480 e. The molecule has 1 atom stereocenters. The van der Waals surface area contributed by atoms with E-state index in [0.29, 0.717) is 12.0 Å². The van der Waals surface area contributed by atoms with Gasteiger partial charge in [0.25, 0.3) is 5.91 Å². The predicted octanol–water partition coefficient (Wildman–Crippen LogP) is 3.35. The van der Waals surface area contributed by atoms with Crippen LogP contribution in [0.4, 0.5) is 0 Å². The van der Waals surface area contributed by atoms with Gasteiger partial charge in [-0.15, -0.1) is 11.3 Å². The van der Waals surface area contributed by atoms with Crippen LogP contribution < -0.4 is 5.32 Å². The molecule has 0 fully saturated rings. The topological polar surface area (TPSA) is 79.3 Å². The molecule has 122 valence electrons. The van der Waals surface area contributed by atoms with Crippen molar-refractivity contribution in [1.29, 1.82) is 0 Å². The third kappa shape index (κ3) is 4.63. The Balaban J connectivity index is 2.09. The molecule has 1 amide bonds. The molecule has 0 aliphatic carbocycles. The Bertz CT molecular complexity index is 692. The molecule has 0 unspecified atom stereocenters. The van der Waals surface area contributed by atoms with Gasteiger partial charge in [-0.2, -0.15) is 0 Å². The summed E-state index contributed by atoms with van der Waals surface area (Å²) in [6.45, 7) is 5.79. The highest BCUT2D eigenvalue weighted by atomic mass is 32.1. The monoisotopic (exact) mass is 332 g/mol. The summed E-state index contributed by atoms with van der Waals surface area (Å²) >= 11 is 1.57. The fourth-order valence-electron chi connectivity index (χ4n) is 2.22. The second-order valence-corrected chi connectivity index (χ2v) is 6.89. The van der Waals surface area contributed by atoms with Crippen LogP contribution in [-0.4, -0.2) is 28.0 Å². The molecule has 0 saturated heterocycles. The Labute approximate surface area is 139 Å². The molecule has 1 heterocycles. The number of hydrogen-bond acceptors (Lipinski definition) is 4. The fraction of sp³-hybridized carbons (Fsp3) is 0.353. The van der Waals surface area contributed by atoms with Crippen LogP contribution in [0, 0.1) is 12.8 Å². The lowest BCUT2D eigenvalue weighted by molar-refractivity contribution is -0.139. The Morgan fingerprint density at radius 1 is 1.26 bits per heavy atom. The Kier molecular flexibility index (Phi) is 5.50. The van der Waals surface area contributed by atoms with E-state index in [-0.39, 0.29) is 11.8 Å². The van der Waals surface area contributed by atoms with Crippen LogP contribution in [0.2, 0.25) is 0 Å². The summed E-state index contributed by atoms with van der Waals surface area (Å²) in [6, 6.07) is 6.15. The molecule has 0 aliphatic rings. The molecule has 6 heteroatoms. The first-order chi connectivity index (χ1) is 10.9. The van der Waals surface area contributed by atoms with Crippen molar-refractivity contribution in [2.45, 2.75) is 33.2 Å². The average molecular weight is 332 g/mol. The standard InChI is InChI=1S/C17H20N2O3S/c1-10(2)8-14(17(21)22)19-16(20)13-6-4-12(5-7-13)15-9-23-11(3)18-15/h4-7,9-10,14H,8H2,1-3H3,(H,19,20)(H,21,22)/t14-/m1/s1. The highest BCUT2D eigenvalue weighted by Gasteiger charge is 2.21. The molecule has 2 aromatic rings. The van der Waals surface area contributed by atoms with Crippen molar-refractivity contribution < 1.29 is 14.7 Å². The summed E-state index contributed by atoms with van der Waals surface area (Å²) in [7, 11) is 0. The number of aromatic nitrogens is 1. The Morgan fingerprint density at radius 2 is 1.91 bits per heavy atom. The highest BCUT2D eigenvalue weighted by Crippen LogP contribution is 2.21. The lowest BCUT2D eigenvalue weighted by Crippen LogP contribution is -2.41. The van der Waals surface area contributed by atoms with Gasteiger partial charge in [-0.05, 0) is 31.4 Å². The SMILES string of the molecule is Cc1nc(-c2ccc(C(=O)N[C@H](CC(C)C)C(=O)O)cc2)cs1. The minimum absolute atomic E-state index is 0.187. The Hall–Kier alpha value is -2.21. The van der Waals surface area contributed by atoms with Gasteiger partial charge < -0.3 is 10.4 Å². The number of thiazole rings is 1. The van der Waals surface area contributed by atoms with E-state index in [1.807, 2.05) is 38.3 Å². The summed E-state index contributed by atoms with van der Waals surface area (Å²) < 4.78 is 0. The van der Waals surface area contributed by atoms with Crippen molar-refractivity contribution in [3.63, 3.8) is 0 Å². The molecule has 5 nitrogen and oxygen atoms in total. The molecule has 1 aromatic carbocycles. The summed E-state index contributed by atoms with van der Waals surface area (Å²) in [5, 5.41) is 14.7. The van der Waals surface area contributed by atoms with Gasteiger partial charge in [-0.1, -0.05) is 26.0 Å². The molecule has 0 aliphatic heterocycles. The zero-order valence-electron chi connectivity index (χ0n) is 13.4. The molecule has 2 N–H and O–H groups in total. The van der Waals surface area contributed by atoms with E-state index >= 15 is 0 Å². The normalized spacial score (nSPS) is 12.2. The summed E-state index contributed by atoms with van der Waals surface area (Å²) in [6.07, 6.45) is 0.400. The first-order valence-corrected chi connectivity index (χ1v) is 8.31. The van der Waals surface area contributed by atoms with Gasteiger partial charge in [0.1, 0.15) is 6.04 Å². The van der Waals surface area contributed by atoms with Crippen LogP contribution >= 0.6 is 11.3 Å². The fourth-order valence-corrected chi connectivity index (χ4v) is 2.84. The quantitative estimate of drug-likeness (QED) is 0.850. The number of carboxylic acid groups (broad SMARTS) is 1. The molecular formula is C17H20N2O3S. The number of carboxylic acids is 1. The second kappa shape index (κ2) is 7.37. The molecule has 0 radical (unpaired) electrons. The van der Waals surface area contributed by atoms with Crippen molar-refractivity contribution in [2.24, 2.45) is 5.92 Å². The lowest BCUT2D eigenvalue weighted by Gasteiger charge is -2.16. The van der Waals surface area contributed by atoms with Gasteiger partial charge in [0, 0.05) is 16.5 Å². The number of nitrogens with zero attached hydrogens (tertiary/aromatic N) is 1. The average Bonchev–Trinajstić information content (AvgIpc) is 2.92. The van der Waals surface area contributed by atoms with E-state index in [9.17, 15) is 14.7 Å². The number of benzene rings is 1. The number of nitrogens with one attached hydrogen (secondary N) is 1. The van der Waals surface area contributed by atoms with Gasteiger partial charge >= 0.3 is 5.97 Å². The summed E-state index contributed by atoms with van der Waals surface area (Å²) in [5.74, 6) is -1.20. The number of hydrogen-bond donors (Lipinski definition) is 2. The second-order valence-electron chi connectivity index (χ2n) is 5.82. The third-order valence-corrected chi connectivity index (χ3v) is 4.15.